The SMILES string of the molecule is Cc1cccc(N2C(=O)CS[C@@]23C(=O)N(Cc2c(F)cccc2Cl)c2ccccc23)c1. The molecule has 2 aliphatic rings. The monoisotopic (exact) mass is 452 g/mol. The molecule has 2 amide bonds. The molecule has 0 N–H and O–H groups in total. The van der Waals surface area contributed by atoms with Gasteiger partial charge in [-0.2, -0.15) is 0 Å². The number of thioether (sulfide) groups is 1. The largest absolute Gasteiger partial charge is 0.304 e. The molecular weight excluding hydrogens is 435 g/mol. The van der Waals surface area contributed by atoms with E-state index < -0.39 is 10.7 Å². The molecule has 1 spiro atoms. The maximum absolute atomic E-state index is 14.5. The maximum Gasteiger partial charge on any atom is 0.269 e. The molecule has 4 nitrogen and oxygen atoms in total. The highest BCUT2D eigenvalue weighted by molar-refractivity contribution is 8.02. The number of carbonyl (C=O) groups excluding carboxylic acids is 2. The van der Waals surface area contributed by atoms with Crippen molar-refractivity contribution in [1.29, 1.82) is 0 Å². The van der Waals surface area contributed by atoms with Crippen LogP contribution in [0.5, 0.6) is 0 Å². The number of rotatable bonds is 3. The molecule has 2 aliphatic heterocycles. The predicted molar refractivity (Wildman–Crippen MR) is 122 cm³/mol. The minimum atomic E-state index is -1.22. The van der Waals surface area contributed by atoms with Gasteiger partial charge in [0.2, 0.25) is 10.8 Å². The third kappa shape index (κ3) is 2.97. The molecule has 1 saturated heterocycles. The molecule has 1 atom stereocenters. The van der Waals surface area contributed by atoms with Crippen molar-refractivity contribution in [3.63, 3.8) is 0 Å². The topological polar surface area (TPSA) is 40.6 Å². The van der Waals surface area contributed by atoms with Crippen LogP contribution in [0, 0.1) is 12.7 Å². The number of benzene rings is 3. The summed E-state index contributed by atoms with van der Waals surface area (Å²) in [6.45, 7) is 1.93. The molecule has 31 heavy (non-hydrogen) atoms. The fourth-order valence-electron chi connectivity index (χ4n) is 4.32. The number of hydrogen-bond acceptors (Lipinski definition) is 3. The molecule has 0 saturated carbocycles. The molecule has 0 aliphatic carbocycles. The molecule has 3 aromatic carbocycles. The highest BCUT2D eigenvalue weighted by Gasteiger charge is 2.61. The van der Waals surface area contributed by atoms with E-state index in [9.17, 15) is 14.0 Å². The van der Waals surface area contributed by atoms with Crippen molar-refractivity contribution in [3.8, 4) is 0 Å². The zero-order valence-corrected chi connectivity index (χ0v) is 18.2. The fraction of sp³-hybridized carbons (Fsp3) is 0.167. The Hall–Kier alpha value is -2.83. The predicted octanol–water partition coefficient (Wildman–Crippen LogP) is 5.27. The summed E-state index contributed by atoms with van der Waals surface area (Å²) >= 11 is 7.55. The first-order valence-corrected chi connectivity index (χ1v) is 11.2. The molecule has 2 heterocycles. The van der Waals surface area contributed by atoms with Crippen molar-refractivity contribution in [3.05, 3.63) is 94.3 Å². The van der Waals surface area contributed by atoms with Gasteiger partial charge in [-0.25, -0.2) is 4.39 Å². The molecule has 5 rings (SSSR count). The van der Waals surface area contributed by atoms with Crippen LogP contribution >= 0.6 is 23.4 Å². The Kier molecular flexibility index (Phi) is 4.79. The Balaban J connectivity index is 1.67. The molecule has 7 heteroatoms. The van der Waals surface area contributed by atoms with E-state index in [4.69, 9.17) is 11.6 Å². The van der Waals surface area contributed by atoms with Gasteiger partial charge in [0.25, 0.3) is 5.91 Å². The second kappa shape index (κ2) is 7.39. The van der Waals surface area contributed by atoms with Gasteiger partial charge in [-0.05, 0) is 42.8 Å². The number of anilines is 2. The van der Waals surface area contributed by atoms with Crippen LogP contribution in [0.2, 0.25) is 5.02 Å². The van der Waals surface area contributed by atoms with Gasteiger partial charge in [0.15, 0.2) is 0 Å². The number of hydrogen-bond donors (Lipinski definition) is 0. The number of aryl methyl sites for hydroxylation is 1. The van der Waals surface area contributed by atoms with Crippen molar-refractivity contribution < 1.29 is 14.0 Å². The second-order valence-electron chi connectivity index (χ2n) is 7.61. The second-order valence-corrected chi connectivity index (χ2v) is 9.18. The summed E-state index contributed by atoms with van der Waals surface area (Å²) in [5.41, 5.74) is 3.30. The summed E-state index contributed by atoms with van der Waals surface area (Å²) in [5, 5.41) is 0.261. The van der Waals surface area contributed by atoms with Crippen LogP contribution in [0.1, 0.15) is 16.7 Å². The minimum Gasteiger partial charge on any atom is -0.304 e. The van der Waals surface area contributed by atoms with Gasteiger partial charge in [0.05, 0.1) is 18.0 Å². The Morgan fingerprint density at radius 1 is 1.06 bits per heavy atom. The van der Waals surface area contributed by atoms with Crippen molar-refractivity contribution >= 4 is 46.6 Å². The summed E-state index contributed by atoms with van der Waals surface area (Å²) < 4.78 is 14.5. The highest BCUT2D eigenvalue weighted by atomic mass is 35.5. The van der Waals surface area contributed by atoms with Crippen molar-refractivity contribution in [1.82, 2.24) is 0 Å². The average molecular weight is 453 g/mol. The zero-order chi connectivity index (χ0) is 21.8. The Bertz CT molecular complexity index is 1210. The smallest absolute Gasteiger partial charge is 0.269 e. The average Bonchev–Trinajstić information content (AvgIpc) is 3.21. The van der Waals surface area contributed by atoms with E-state index in [1.54, 1.807) is 11.0 Å². The number of amides is 2. The van der Waals surface area contributed by atoms with E-state index >= 15 is 0 Å². The quantitative estimate of drug-likeness (QED) is 0.543. The lowest BCUT2D eigenvalue weighted by atomic mass is 10.0. The molecule has 0 aromatic heterocycles. The van der Waals surface area contributed by atoms with Gasteiger partial charge in [0, 0.05) is 21.8 Å². The van der Waals surface area contributed by atoms with Crippen molar-refractivity contribution in [2.75, 3.05) is 15.6 Å². The minimum absolute atomic E-state index is 0.0144. The highest BCUT2D eigenvalue weighted by Crippen LogP contribution is 2.56. The summed E-state index contributed by atoms with van der Waals surface area (Å²) in [7, 11) is 0. The van der Waals surface area contributed by atoms with Gasteiger partial charge in [-0.1, -0.05) is 48.0 Å². The van der Waals surface area contributed by atoms with E-state index in [-0.39, 0.29) is 34.7 Å². The standard InChI is InChI=1S/C24H18ClFN2O2S/c1-15-6-4-7-16(12-15)28-22(29)14-31-24(28)18-8-2-3-11-21(18)27(23(24)30)13-17-19(25)9-5-10-20(17)26/h2-12H,13-14H2,1H3/t24-/m0/s1. The van der Waals surface area contributed by atoms with Crippen LogP contribution in [0.3, 0.4) is 0 Å². The molecular formula is C24H18ClFN2O2S. The van der Waals surface area contributed by atoms with Gasteiger partial charge in [-0.3, -0.25) is 14.5 Å². The number of fused-ring (bicyclic) bond motifs is 2. The van der Waals surface area contributed by atoms with Crippen LogP contribution in [0.25, 0.3) is 0 Å². The third-order valence-corrected chi connectivity index (χ3v) is 7.44. The molecule has 156 valence electrons. The molecule has 1 fully saturated rings. The van der Waals surface area contributed by atoms with Crippen LogP contribution in [-0.2, 0) is 21.0 Å². The first-order valence-electron chi connectivity index (χ1n) is 9.81. The van der Waals surface area contributed by atoms with E-state index in [0.29, 0.717) is 11.4 Å². The van der Waals surface area contributed by atoms with Crippen LogP contribution < -0.4 is 9.80 Å². The maximum atomic E-state index is 14.5. The molecule has 0 radical (unpaired) electrons. The van der Waals surface area contributed by atoms with E-state index in [0.717, 1.165) is 11.1 Å². The normalized spacial score (nSPS) is 20.1. The Labute approximate surface area is 188 Å². The van der Waals surface area contributed by atoms with Crippen LogP contribution in [0.15, 0.2) is 66.7 Å². The van der Waals surface area contributed by atoms with Gasteiger partial charge in [-0.15, -0.1) is 11.8 Å². The third-order valence-electron chi connectivity index (χ3n) is 5.70. The summed E-state index contributed by atoms with van der Waals surface area (Å²) in [5.74, 6) is -0.693. The molecule has 3 aromatic rings. The van der Waals surface area contributed by atoms with Gasteiger partial charge < -0.3 is 4.90 Å². The van der Waals surface area contributed by atoms with Crippen LogP contribution in [-0.4, -0.2) is 17.6 Å². The first-order chi connectivity index (χ1) is 14.9. The summed E-state index contributed by atoms with van der Waals surface area (Å²) in [4.78, 5) is 28.9. The van der Waals surface area contributed by atoms with E-state index in [2.05, 4.69) is 0 Å². The lowest BCUT2D eigenvalue weighted by Gasteiger charge is -2.33. The van der Waals surface area contributed by atoms with Gasteiger partial charge in [0.1, 0.15) is 5.82 Å². The fourth-order valence-corrected chi connectivity index (χ4v) is 5.90. The summed E-state index contributed by atoms with van der Waals surface area (Å²) in [6, 6.07) is 19.4. The van der Waals surface area contributed by atoms with Gasteiger partial charge >= 0.3 is 0 Å². The number of carbonyl (C=O) groups is 2. The van der Waals surface area contributed by atoms with E-state index in [1.165, 1.54) is 28.8 Å². The number of halogens is 2. The number of para-hydroxylation sites is 1. The Morgan fingerprint density at radius 3 is 2.61 bits per heavy atom. The lowest BCUT2D eigenvalue weighted by Crippen LogP contribution is -2.49. The van der Waals surface area contributed by atoms with E-state index in [1.807, 2.05) is 55.5 Å². The molecule has 0 bridgehead atoms. The van der Waals surface area contributed by atoms with Crippen LogP contribution in [0.4, 0.5) is 15.8 Å². The molecule has 0 unspecified atom stereocenters. The lowest BCUT2D eigenvalue weighted by molar-refractivity contribution is -0.123. The number of nitrogens with zero attached hydrogens (tertiary/aromatic N) is 2. The van der Waals surface area contributed by atoms with Crippen molar-refractivity contribution in [2.45, 2.75) is 18.3 Å². The zero-order valence-electron chi connectivity index (χ0n) is 16.6. The first kappa shape index (κ1) is 20.1. The van der Waals surface area contributed by atoms with Crippen molar-refractivity contribution in [2.24, 2.45) is 0 Å². The summed E-state index contributed by atoms with van der Waals surface area (Å²) in [6.07, 6.45) is 0. The Morgan fingerprint density at radius 2 is 1.84 bits per heavy atom.